The quantitative estimate of drug-likeness (QED) is 0.258. The molecule has 4 aliphatic rings. The number of guanidine groups is 1. The predicted octanol–water partition coefficient (Wildman–Crippen LogP) is 6.27. The molecule has 2 aromatic carbocycles. The molecule has 2 heterocycles. The normalized spacial score (nSPS) is 28.4. The molecule has 3 saturated carbocycles. The zero-order valence-corrected chi connectivity index (χ0v) is 24.2. The molecule has 3 aliphatic carbocycles. The van der Waals surface area contributed by atoms with Gasteiger partial charge in [0.15, 0.2) is 5.96 Å². The molecule has 5 atom stereocenters. The Kier molecular flexibility index (Phi) is 7.09. The summed E-state index contributed by atoms with van der Waals surface area (Å²) in [6.07, 6.45) is 3.94. The van der Waals surface area contributed by atoms with Gasteiger partial charge in [-0.05, 0) is 85.3 Å². The Morgan fingerprint density at radius 3 is 2.77 bits per heavy atom. The van der Waals surface area contributed by atoms with Gasteiger partial charge in [-0.15, -0.1) is 0 Å². The van der Waals surface area contributed by atoms with Crippen LogP contribution < -0.4 is 10.6 Å². The predicted molar refractivity (Wildman–Crippen MR) is 158 cm³/mol. The second-order valence-electron chi connectivity index (χ2n) is 12.6. The first-order chi connectivity index (χ1) is 18.7. The van der Waals surface area contributed by atoms with Crippen molar-refractivity contribution in [2.75, 3.05) is 25.0 Å². The molecule has 0 unspecified atom stereocenters. The maximum Gasteiger partial charge on any atom is 0.198 e. The van der Waals surface area contributed by atoms with E-state index in [4.69, 9.17) is 21.6 Å². The standard InChI is InChI=1S/C31H40ClFN6/c1-18-17-39(12-11-34-18)30(38-27-14-21-13-24(19(27)2)31(21,3)4)35-23-8-9-26-28(16-23)37-29(36-26)10-6-20-5-7-22(33)15-25(20)32/h5,7-9,15-16,18-19,21,24,27,34H,6,10-14,17H2,1-4H3,(H,35,38)(H,36,37)/t18-,19+,21-,24-,27-/m0/s1. The first kappa shape index (κ1) is 26.6. The van der Waals surface area contributed by atoms with E-state index in [1.54, 1.807) is 6.07 Å². The van der Waals surface area contributed by atoms with E-state index in [0.29, 0.717) is 41.3 Å². The third-order valence-corrected chi connectivity index (χ3v) is 10.1. The molecule has 0 radical (unpaired) electrons. The van der Waals surface area contributed by atoms with E-state index in [2.05, 4.69) is 66.4 Å². The van der Waals surface area contributed by atoms with Crippen LogP contribution in [0.2, 0.25) is 5.02 Å². The minimum Gasteiger partial charge on any atom is -0.342 e. The number of halogens is 2. The Morgan fingerprint density at radius 1 is 1.18 bits per heavy atom. The fourth-order valence-electron chi connectivity index (χ4n) is 7.13. The summed E-state index contributed by atoms with van der Waals surface area (Å²) in [7, 11) is 0. The van der Waals surface area contributed by atoms with E-state index in [0.717, 1.165) is 65.5 Å². The number of aromatic nitrogens is 2. The van der Waals surface area contributed by atoms with Crippen LogP contribution in [0.4, 0.5) is 10.1 Å². The zero-order valence-electron chi connectivity index (χ0n) is 23.4. The Bertz CT molecular complexity index is 1380. The lowest BCUT2D eigenvalue weighted by Crippen LogP contribution is -2.57. The SMILES string of the molecule is C[C@H]1[C@@H](N=C(Nc2ccc3nc(CCc4ccc(F)cc4Cl)[nH]c3c2)N2CCN[C@@H](C)C2)C[C@@H]2C[C@@H]1C2(C)C. The van der Waals surface area contributed by atoms with Crippen molar-refractivity contribution in [2.24, 2.45) is 28.2 Å². The summed E-state index contributed by atoms with van der Waals surface area (Å²) in [5.41, 5.74) is 4.30. The molecule has 208 valence electrons. The number of nitrogens with one attached hydrogen (secondary N) is 3. The van der Waals surface area contributed by atoms with Crippen LogP contribution >= 0.6 is 11.6 Å². The highest BCUT2D eigenvalue weighted by Gasteiger charge is 2.56. The first-order valence-corrected chi connectivity index (χ1v) is 14.8. The van der Waals surface area contributed by atoms with Gasteiger partial charge in [0.25, 0.3) is 0 Å². The summed E-state index contributed by atoms with van der Waals surface area (Å²) in [5, 5.41) is 7.73. The van der Waals surface area contributed by atoms with Crippen LogP contribution in [0.25, 0.3) is 11.0 Å². The van der Waals surface area contributed by atoms with Gasteiger partial charge >= 0.3 is 0 Å². The number of nitrogens with zero attached hydrogens (tertiary/aromatic N) is 3. The van der Waals surface area contributed by atoms with E-state index in [-0.39, 0.29) is 5.82 Å². The van der Waals surface area contributed by atoms with Crippen LogP contribution in [-0.4, -0.2) is 52.5 Å². The first-order valence-electron chi connectivity index (χ1n) is 14.4. The highest BCUT2D eigenvalue weighted by molar-refractivity contribution is 6.31. The van der Waals surface area contributed by atoms with Gasteiger partial charge in [0.1, 0.15) is 11.6 Å². The molecular weight excluding hydrogens is 511 g/mol. The van der Waals surface area contributed by atoms with Gasteiger partial charge in [-0.25, -0.2) is 14.4 Å². The van der Waals surface area contributed by atoms with E-state index in [1.165, 1.54) is 25.0 Å². The molecule has 8 heteroatoms. The number of benzene rings is 2. The lowest BCUT2D eigenvalue weighted by atomic mass is 9.45. The fraction of sp³-hybridized carbons (Fsp3) is 0.548. The molecule has 0 spiro atoms. The molecule has 1 saturated heterocycles. The number of imidazole rings is 1. The van der Waals surface area contributed by atoms with Crippen LogP contribution in [0.15, 0.2) is 41.4 Å². The van der Waals surface area contributed by atoms with Crippen molar-refractivity contribution in [2.45, 2.75) is 65.5 Å². The van der Waals surface area contributed by atoms with Gasteiger partial charge < -0.3 is 20.5 Å². The Morgan fingerprint density at radius 2 is 2.03 bits per heavy atom. The summed E-state index contributed by atoms with van der Waals surface area (Å²) in [4.78, 5) is 16.1. The van der Waals surface area contributed by atoms with Gasteiger partial charge in [-0.3, -0.25) is 0 Å². The molecule has 6 nitrogen and oxygen atoms in total. The van der Waals surface area contributed by atoms with Crippen LogP contribution in [-0.2, 0) is 12.8 Å². The molecule has 3 N–H and O–H groups in total. The third kappa shape index (κ3) is 5.28. The molecule has 7 rings (SSSR count). The minimum absolute atomic E-state index is 0.315. The minimum atomic E-state index is -0.315. The highest BCUT2D eigenvalue weighted by atomic mass is 35.5. The number of hydrogen-bond donors (Lipinski definition) is 3. The molecular formula is C31H40ClFN6. The van der Waals surface area contributed by atoms with Crippen molar-refractivity contribution in [3.05, 3.63) is 58.6 Å². The van der Waals surface area contributed by atoms with Crippen molar-refractivity contribution in [3.63, 3.8) is 0 Å². The Hall–Kier alpha value is -2.64. The van der Waals surface area contributed by atoms with E-state index in [1.807, 2.05) is 0 Å². The monoisotopic (exact) mass is 550 g/mol. The molecule has 2 bridgehead atoms. The number of aliphatic imine (C=N–C) groups is 1. The van der Waals surface area contributed by atoms with Crippen LogP contribution in [0, 0.1) is 29.0 Å². The average Bonchev–Trinajstić information content (AvgIpc) is 3.30. The van der Waals surface area contributed by atoms with Crippen molar-refractivity contribution < 1.29 is 4.39 Å². The Labute approximate surface area is 235 Å². The molecule has 4 fully saturated rings. The summed E-state index contributed by atoms with van der Waals surface area (Å²) in [6.45, 7) is 12.4. The van der Waals surface area contributed by atoms with E-state index in [9.17, 15) is 4.39 Å². The Balaban J connectivity index is 1.21. The number of aromatic amines is 1. The van der Waals surface area contributed by atoms with Gasteiger partial charge in [-0.2, -0.15) is 0 Å². The van der Waals surface area contributed by atoms with Crippen LogP contribution in [0.3, 0.4) is 0 Å². The molecule has 3 aromatic rings. The number of piperazine rings is 1. The van der Waals surface area contributed by atoms with E-state index < -0.39 is 0 Å². The average molecular weight is 551 g/mol. The van der Waals surface area contributed by atoms with Gasteiger partial charge in [0.2, 0.25) is 0 Å². The topological polar surface area (TPSA) is 68.3 Å². The van der Waals surface area contributed by atoms with Gasteiger partial charge in [0.05, 0.1) is 17.1 Å². The van der Waals surface area contributed by atoms with Crippen LogP contribution in [0.1, 0.15) is 51.9 Å². The number of hydrogen-bond acceptors (Lipinski definition) is 3. The van der Waals surface area contributed by atoms with E-state index >= 15 is 0 Å². The molecule has 39 heavy (non-hydrogen) atoms. The lowest BCUT2D eigenvalue weighted by molar-refractivity contribution is -0.108. The van der Waals surface area contributed by atoms with Crippen molar-refractivity contribution in [1.29, 1.82) is 0 Å². The summed E-state index contributed by atoms with van der Waals surface area (Å²) >= 11 is 6.22. The largest absolute Gasteiger partial charge is 0.342 e. The number of aryl methyl sites for hydroxylation is 2. The molecule has 1 aliphatic heterocycles. The second kappa shape index (κ2) is 10.4. The van der Waals surface area contributed by atoms with Crippen molar-refractivity contribution in [3.8, 4) is 0 Å². The zero-order chi connectivity index (χ0) is 27.3. The maximum atomic E-state index is 13.4. The molecule has 0 amide bonds. The summed E-state index contributed by atoms with van der Waals surface area (Å²) in [5.74, 6) is 3.70. The highest BCUT2D eigenvalue weighted by Crippen LogP contribution is 2.61. The molecule has 1 aromatic heterocycles. The van der Waals surface area contributed by atoms with Gasteiger partial charge in [-0.1, -0.05) is 38.4 Å². The number of anilines is 1. The number of fused-ring (bicyclic) bond motifs is 3. The number of H-pyrrole nitrogens is 1. The van der Waals surface area contributed by atoms with Crippen molar-refractivity contribution >= 4 is 34.3 Å². The smallest absolute Gasteiger partial charge is 0.198 e. The van der Waals surface area contributed by atoms with Crippen molar-refractivity contribution in [1.82, 2.24) is 20.2 Å². The lowest BCUT2D eigenvalue weighted by Gasteiger charge is -2.61. The summed E-state index contributed by atoms with van der Waals surface area (Å²) < 4.78 is 13.4. The third-order valence-electron chi connectivity index (χ3n) is 9.70. The maximum absolute atomic E-state index is 13.4. The number of rotatable bonds is 5. The summed E-state index contributed by atoms with van der Waals surface area (Å²) in [6, 6.07) is 11.6. The fourth-order valence-corrected chi connectivity index (χ4v) is 7.39. The van der Waals surface area contributed by atoms with Gasteiger partial charge in [0, 0.05) is 42.8 Å². The van der Waals surface area contributed by atoms with Crippen LogP contribution in [0.5, 0.6) is 0 Å². The second-order valence-corrected chi connectivity index (χ2v) is 13.0.